The fraction of sp³-hybridized carbons (Fsp3) is 0.545. The molecule has 16 heavy (non-hydrogen) atoms. The number of anilines is 1. The average molecular weight is 223 g/mol. The predicted octanol–water partition coefficient (Wildman–Crippen LogP) is 2.16. The Morgan fingerprint density at radius 3 is 2.75 bits per heavy atom. The Bertz CT molecular complexity index is 355. The number of amides is 1. The van der Waals surface area contributed by atoms with E-state index in [2.05, 4.69) is 9.97 Å². The van der Waals surface area contributed by atoms with Gasteiger partial charge in [0.2, 0.25) is 0 Å². The number of carbonyl (C=O) groups excluding carboxylic acids is 1. The Hall–Kier alpha value is -1.65. The number of carbonyl (C=O) groups is 1. The number of nitrogens with zero attached hydrogens (tertiary/aromatic N) is 3. The standard InChI is InChI=1S/C11H17N3O2/c1-4-5-8-16-11(15)14(3)10-9(2)12-6-7-13-10/h6-7H,4-5,8H2,1-3H3. The number of ether oxygens (including phenoxy) is 1. The summed E-state index contributed by atoms with van der Waals surface area (Å²) in [5.41, 5.74) is 0.706. The maximum atomic E-state index is 11.6. The van der Waals surface area contributed by atoms with Crippen molar-refractivity contribution >= 4 is 11.9 Å². The van der Waals surface area contributed by atoms with E-state index in [0.29, 0.717) is 18.1 Å². The number of unbranched alkanes of at least 4 members (excludes halogenated alkanes) is 1. The van der Waals surface area contributed by atoms with Gasteiger partial charge in [0.15, 0.2) is 5.82 Å². The van der Waals surface area contributed by atoms with E-state index < -0.39 is 6.09 Å². The molecule has 0 aromatic carbocycles. The van der Waals surface area contributed by atoms with Crippen molar-refractivity contribution in [3.63, 3.8) is 0 Å². The lowest BCUT2D eigenvalue weighted by atomic mass is 10.4. The zero-order valence-electron chi connectivity index (χ0n) is 9.93. The van der Waals surface area contributed by atoms with Gasteiger partial charge in [0.1, 0.15) is 0 Å². The van der Waals surface area contributed by atoms with E-state index in [1.807, 2.05) is 6.92 Å². The molecule has 1 aromatic heterocycles. The molecule has 0 N–H and O–H groups in total. The summed E-state index contributed by atoms with van der Waals surface area (Å²) >= 11 is 0. The second kappa shape index (κ2) is 6.05. The lowest BCUT2D eigenvalue weighted by Crippen LogP contribution is -2.29. The smallest absolute Gasteiger partial charge is 0.415 e. The first-order chi connectivity index (χ1) is 7.66. The van der Waals surface area contributed by atoms with Crippen LogP contribution in [0.4, 0.5) is 10.6 Å². The van der Waals surface area contributed by atoms with Crippen molar-refractivity contribution in [1.29, 1.82) is 0 Å². The van der Waals surface area contributed by atoms with Crippen LogP contribution in [0.2, 0.25) is 0 Å². The van der Waals surface area contributed by atoms with Gasteiger partial charge >= 0.3 is 6.09 Å². The third-order valence-corrected chi connectivity index (χ3v) is 2.17. The molecule has 0 fully saturated rings. The van der Waals surface area contributed by atoms with Crippen LogP contribution in [0.5, 0.6) is 0 Å². The van der Waals surface area contributed by atoms with Crippen LogP contribution < -0.4 is 4.90 Å². The van der Waals surface area contributed by atoms with E-state index in [1.54, 1.807) is 26.4 Å². The molecule has 1 amide bonds. The van der Waals surface area contributed by atoms with Gasteiger partial charge in [-0.25, -0.2) is 9.78 Å². The minimum Gasteiger partial charge on any atom is -0.449 e. The molecule has 0 saturated heterocycles. The molecule has 0 atom stereocenters. The molecular formula is C11H17N3O2. The Morgan fingerprint density at radius 1 is 1.44 bits per heavy atom. The predicted molar refractivity (Wildman–Crippen MR) is 61.4 cm³/mol. The average Bonchev–Trinajstić information content (AvgIpc) is 2.29. The minimum absolute atomic E-state index is 0.392. The zero-order chi connectivity index (χ0) is 12.0. The highest BCUT2D eigenvalue weighted by Gasteiger charge is 2.15. The van der Waals surface area contributed by atoms with E-state index in [0.717, 1.165) is 12.8 Å². The molecule has 0 spiro atoms. The van der Waals surface area contributed by atoms with Crippen molar-refractivity contribution in [1.82, 2.24) is 9.97 Å². The van der Waals surface area contributed by atoms with Crippen LogP contribution in [0.3, 0.4) is 0 Å². The zero-order valence-corrected chi connectivity index (χ0v) is 9.93. The lowest BCUT2D eigenvalue weighted by molar-refractivity contribution is 0.153. The summed E-state index contributed by atoms with van der Waals surface area (Å²) in [6.45, 7) is 4.29. The summed E-state index contributed by atoms with van der Waals surface area (Å²) < 4.78 is 5.07. The van der Waals surface area contributed by atoms with Gasteiger partial charge in [0.05, 0.1) is 12.3 Å². The molecule has 0 saturated carbocycles. The van der Waals surface area contributed by atoms with Crippen LogP contribution in [0.15, 0.2) is 12.4 Å². The van der Waals surface area contributed by atoms with Crippen LogP contribution in [0, 0.1) is 6.92 Å². The third kappa shape index (κ3) is 3.18. The van der Waals surface area contributed by atoms with Gasteiger partial charge in [-0.05, 0) is 13.3 Å². The van der Waals surface area contributed by atoms with E-state index >= 15 is 0 Å². The summed E-state index contributed by atoms with van der Waals surface area (Å²) in [5.74, 6) is 0.531. The third-order valence-electron chi connectivity index (χ3n) is 2.17. The molecule has 88 valence electrons. The Morgan fingerprint density at radius 2 is 2.12 bits per heavy atom. The van der Waals surface area contributed by atoms with E-state index in [1.165, 1.54) is 4.90 Å². The number of rotatable bonds is 4. The van der Waals surface area contributed by atoms with Gasteiger partial charge in [0, 0.05) is 19.4 Å². The van der Waals surface area contributed by atoms with Crippen molar-refractivity contribution in [2.45, 2.75) is 26.7 Å². The highest BCUT2D eigenvalue weighted by atomic mass is 16.6. The molecule has 0 aliphatic rings. The molecule has 0 aliphatic carbocycles. The van der Waals surface area contributed by atoms with E-state index in [-0.39, 0.29) is 0 Å². The molecule has 1 rings (SSSR count). The topological polar surface area (TPSA) is 55.3 Å². The van der Waals surface area contributed by atoms with Crippen molar-refractivity contribution in [2.24, 2.45) is 0 Å². The van der Waals surface area contributed by atoms with Crippen molar-refractivity contribution in [3.05, 3.63) is 18.1 Å². The SMILES string of the molecule is CCCCOC(=O)N(C)c1nccnc1C. The second-order valence-electron chi connectivity index (χ2n) is 3.49. The van der Waals surface area contributed by atoms with Gasteiger partial charge in [0.25, 0.3) is 0 Å². The van der Waals surface area contributed by atoms with Crippen LogP contribution >= 0.6 is 0 Å². The summed E-state index contributed by atoms with van der Waals surface area (Å²) in [7, 11) is 1.63. The van der Waals surface area contributed by atoms with E-state index in [4.69, 9.17) is 4.74 Å². The van der Waals surface area contributed by atoms with Crippen LogP contribution in [0.25, 0.3) is 0 Å². The van der Waals surface area contributed by atoms with Crippen LogP contribution in [0.1, 0.15) is 25.5 Å². The first-order valence-electron chi connectivity index (χ1n) is 5.35. The summed E-state index contributed by atoms with van der Waals surface area (Å²) in [5, 5.41) is 0. The number of aromatic nitrogens is 2. The first kappa shape index (κ1) is 12.4. The number of hydrogen-bond donors (Lipinski definition) is 0. The van der Waals surface area contributed by atoms with Gasteiger partial charge < -0.3 is 4.74 Å². The highest BCUT2D eigenvalue weighted by Crippen LogP contribution is 2.12. The van der Waals surface area contributed by atoms with Gasteiger partial charge in [-0.2, -0.15) is 0 Å². The molecule has 1 aromatic rings. The molecule has 0 radical (unpaired) electrons. The monoisotopic (exact) mass is 223 g/mol. The first-order valence-corrected chi connectivity index (χ1v) is 5.35. The fourth-order valence-corrected chi connectivity index (χ4v) is 1.22. The van der Waals surface area contributed by atoms with Gasteiger partial charge in [-0.15, -0.1) is 0 Å². The quantitative estimate of drug-likeness (QED) is 0.734. The molecule has 0 aliphatic heterocycles. The number of aryl methyl sites for hydroxylation is 1. The normalized spacial score (nSPS) is 9.94. The fourth-order valence-electron chi connectivity index (χ4n) is 1.22. The lowest BCUT2D eigenvalue weighted by Gasteiger charge is -2.16. The maximum absolute atomic E-state index is 11.6. The minimum atomic E-state index is -0.392. The largest absolute Gasteiger partial charge is 0.449 e. The van der Waals surface area contributed by atoms with Crippen LogP contribution in [-0.4, -0.2) is 29.7 Å². The van der Waals surface area contributed by atoms with Crippen molar-refractivity contribution in [3.8, 4) is 0 Å². The van der Waals surface area contributed by atoms with E-state index in [9.17, 15) is 4.79 Å². The molecular weight excluding hydrogens is 206 g/mol. The summed E-state index contributed by atoms with van der Waals surface area (Å²) in [6.07, 6.45) is 4.63. The Labute approximate surface area is 95.5 Å². The van der Waals surface area contributed by atoms with Crippen LogP contribution in [-0.2, 0) is 4.74 Å². The highest BCUT2D eigenvalue weighted by molar-refractivity contribution is 5.86. The molecule has 5 nitrogen and oxygen atoms in total. The molecule has 0 unspecified atom stereocenters. The van der Waals surface area contributed by atoms with Crippen molar-refractivity contribution in [2.75, 3.05) is 18.6 Å². The summed E-state index contributed by atoms with van der Waals surface area (Å²) in [6, 6.07) is 0. The molecule has 5 heteroatoms. The molecule has 0 bridgehead atoms. The second-order valence-corrected chi connectivity index (χ2v) is 3.49. The van der Waals surface area contributed by atoms with Gasteiger partial charge in [-0.1, -0.05) is 13.3 Å². The van der Waals surface area contributed by atoms with Gasteiger partial charge in [-0.3, -0.25) is 9.88 Å². The molecule has 1 heterocycles. The van der Waals surface area contributed by atoms with Crippen molar-refractivity contribution < 1.29 is 9.53 Å². The Kier molecular flexibility index (Phi) is 4.69. The maximum Gasteiger partial charge on any atom is 0.415 e. The Balaban J connectivity index is 2.60. The number of hydrogen-bond acceptors (Lipinski definition) is 4. The summed E-state index contributed by atoms with van der Waals surface area (Å²) in [4.78, 5) is 21.1.